The van der Waals surface area contributed by atoms with Crippen molar-refractivity contribution in [3.63, 3.8) is 0 Å². The van der Waals surface area contributed by atoms with Crippen molar-refractivity contribution in [2.75, 3.05) is 12.4 Å². The molecule has 1 atom stereocenters. The molecule has 7 nitrogen and oxygen atoms in total. The van der Waals surface area contributed by atoms with E-state index in [4.69, 9.17) is 15.2 Å². The number of methoxy groups -OCH3 is 1. The number of Topliss-reactive ketones (excluding diaryl/α,β-unsaturated/α-hetero) is 1. The molecule has 0 aromatic heterocycles. The van der Waals surface area contributed by atoms with E-state index in [0.717, 1.165) is 0 Å². The van der Waals surface area contributed by atoms with Crippen molar-refractivity contribution in [3.05, 3.63) is 52.8 Å². The summed E-state index contributed by atoms with van der Waals surface area (Å²) in [4.78, 5) is 25.1. The van der Waals surface area contributed by atoms with Crippen LogP contribution in [0.5, 0.6) is 0 Å². The molecule has 3 rings (SSSR count). The number of rotatable bonds is 2. The number of hydrogen-bond acceptors (Lipinski definition) is 6. The number of hydrogen-bond donors (Lipinski definition) is 2. The van der Waals surface area contributed by atoms with Crippen molar-refractivity contribution >= 4 is 17.4 Å². The van der Waals surface area contributed by atoms with E-state index in [1.54, 1.807) is 24.3 Å². The van der Waals surface area contributed by atoms with E-state index < -0.39 is 17.1 Å². The maximum atomic E-state index is 12.8. The second kappa shape index (κ2) is 4.88. The van der Waals surface area contributed by atoms with Crippen LogP contribution in [0.2, 0.25) is 0 Å². The maximum Gasteiger partial charge on any atom is 0.294 e. The summed E-state index contributed by atoms with van der Waals surface area (Å²) in [6, 6.07) is 8.72. The van der Waals surface area contributed by atoms with Gasteiger partial charge in [-0.1, -0.05) is 18.2 Å². The number of nitrogens with one attached hydrogen (secondary N) is 1. The van der Waals surface area contributed by atoms with Crippen LogP contribution in [-0.4, -0.2) is 18.8 Å². The number of carbonyl (C=O) groups excluding carboxylic acids is 2. The molecule has 1 amide bonds. The number of nitriles is 1. The Labute approximate surface area is 132 Å². The van der Waals surface area contributed by atoms with Crippen molar-refractivity contribution in [2.45, 2.75) is 12.3 Å². The van der Waals surface area contributed by atoms with E-state index >= 15 is 0 Å². The van der Waals surface area contributed by atoms with Crippen LogP contribution in [0.3, 0.4) is 0 Å². The smallest absolute Gasteiger partial charge is 0.294 e. The van der Waals surface area contributed by atoms with E-state index in [9.17, 15) is 14.9 Å². The summed E-state index contributed by atoms with van der Waals surface area (Å²) in [6.07, 6.45) is 0. The van der Waals surface area contributed by atoms with Crippen LogP contribution in [0.15, 0.2) is 47.2 Å². The molecule has 0 aliphatic carbocycles. The third-order valence-electron chi connectivity index (χ3n) is 3.97. The highest BCUT2D eigenvalue weighted by Crippen LogP contribution is 2.51. The third kappa shape index (κ3) is 1.69. The van der Waals surface area contributed by atoms with Gasteiger partial charge in [-0.3, -0.25) is 9.59 Å². The van der Waals surface area contributed by atoms with Gasteiger partial charge in [0.25, 0.3) is 5.95 Å². The average molecular weight is 311 g/mol. The van der Waals surface area contributed by atoms with E-state index in [-0.39, 0.29) is 23.0 Å². The Balaban J connectivity index is 2.47. The summed E-state index contributed by atoms with van der Waals surface area (Å²) in [5.41, 5.74) is 4.95. The molecule has 1 aromatic carbocycles. The van der Waals surface area contributed by atoms with Gasteiger partial charge in [-0.15, -0.1) is 0 Å². The average Bonchev–Trinajstić information content (AvgIpc) is 2.80. The molecule has 3 N–H and O–H groups in total. The fourth-order valence-corrected chi connectivity index (χ4v) is 3.11. The molecule has 0 bridgehead atoms. The number of nitrogens with two attached hydrogens (primary N) is 1. The number of para-hydroxylation sites is 1. The largest absolute Gasteiger partial charge is 0.468 e. The summed E-state index contributed by atoms with van der Waals surface area (Å²) in [6.45, 7) is 1.28. The van der Waals surface area contributed by atoms with Crippen LogP contribution >= 0.6 is 0 Å². The van der Waals surface area contributed by atoms with Crippen LogP contribution in [0.1, 0.15) is 12.5 Å². The molecular formula is C16H13N3O4. The van der Waals surface area contributed by atoms with Crippen LogP contribution in [0.4, 0.5) is 5.69 Å². The van der Waals surface area contributed by atoms with Crippen molar-refractivity contribution < 1.29 is 19.1 Å². The predicted molar refractivity (Wildman–Crippen MR) is 79.4 cm³/mol. The standard InChI is InChI=1S/C16H13N3O4/c1-8(20)12-14(22-2)23-13(18)10(7-17)16(12)9-5-3-4-6-11(9)19-15(16)21/h3-6H,18H2,1-2H3,(H,19,21)/t16-/m1/s1. The highest BCUT2D eigenvalue weighted by Gasteiger charge is 2.59. The van der Waals surface area contributed by atoms with Crippen molar-refractivity contribution in [2.24, 2.45) is 5.73 Å². The zero-order chi connectivity index (χ0) is 16.8. The Hall–Kier alpha value is -3.27. The lowest BCUT2D eigenvalue weighted by atomic mass is 9.68. The zero-order valence-electron chi connectivity index (χ0n) is 12.5. The summed E-state index contributed by atoms with van der Waals surface area (Å²) in [5.74, 6) is -1.43. The number of carbonyl (C=O) groups is 2. The Morgan fingerprint density at radius 1 is 1.43 bits per heavy atom. The number of nitrogens with zero attached hydrogens (tertiary/aromatic N) is 1. The highest BCUT2D eigenvalue weighted by molar-refractivity contribution is 6.18. The van der Waals surface area contributed by atoms with Gasteiger partial charge in [-0.25, -0.2) is 0 Å². The highest BCUT2D eigenvalue weighted by atomic mass is 16.7. The molecule has 23 heavy (non-hydrogen) atoms. The maximum absolute atomic E-state index is 12.8. The fourth-order valence-electron chi connectivity index (χ4n) is 3.11. The summed E-state index contributed by atoms with van der Waals surface area (Å²) < 4.78 is 10.4. The van der Waals surface area contributed by atoms with Crippen LogP contribution in [0.25, 0.3) is 0 Å². The molecule has 116 valence electrons. The van der Waals surface area contributed by atoms with E-state index in [0.29, 0.717) is 11.3 Å². The molecule has 0 fully saturated rings. The van der Waals surface area contributed by atoms with Gasteiger partial charge in [-0.2, -0.15) is 5.26 Å². The number of amides is 1. The SMILES string of the molecule is COC1=C(C(C)=O)[C@]2(C(=O)Nc3ccccc32)C(C#N)=C(N)O1. The van der Waals surface area contributed by atoms with Gasteiger partial charge in [0, 0.05) is 11.3 Å². The van der Waals surface area contributed by atoms with Gasteiger partial charge >= 0.3 is 0 Å². The van der Waals surface area contributed by atoms with Gasteiger partial charge < -0.3 is 20.5 Å². The van der Waals surface area contributed by atoms with E-state index in [2.05, 4.69) is 5.32 Å². The minimum Gasteiger partial charge on any atom is -0.468 e. The van der Waals surface area contributed by atoms with E-state index in [1.807, 2.05) is 6.07 Å². The molecule has 1 aromatic rings. The van der Waals surface area contributed by atoms with Gasteiger partial charge in [-0.05, 0) is 13.0 Å². The zero-order valence-corrected chi connectivity index (χ0v) is 12.5. The molecule has 0 unspecified atom stereocenters. The first-order valence-corrected chi connectivity index (χ1v) is 6.77. The molecule has 7 heteroatoms. The first-order valence-electron chi connectivity index (χ1n) is 6.77. The Morgan fingerprint density at radius 2 is 2.13 bits per heavy atom. The molecule has 1 spiro atoms. The van der Waals surface area contributed by atoms with Crippen molar-refractivity contribution in [3.8, 4) is 6.07 Å². The second-order valence-corrected chi connectivity index (χ2v) is 5.13. The molecule has 0 radical (unpaired) electrons. The van der Waals surface area contributed by atoms with Gasteiger partial charge in [0.15, 0.2) is 11.2 Å². The Kier molecular flexibility index (Phi) is 3.11. The number of benzene rings is 1. The number of fused-ring (bicyclic) bond motifs is 2. The first-order chi connectivity index (χ1) is 11.0. The monoisotopic (exact) mass is 311 g/mol. The number of ether oxygens (including phenoxy) is 2. The topological polar surface area (TPSA) is 114 Å². The molecule has 2 aliphatic heterocycles. The first kappa shape index (κ1) is 14.7. The molecule has 2 aliphatic rings. The number of ketones is 1. The fraction of sp³-hybridized carbons (Fsp3) is 0.188. The minimum absolute atomic E-state index is 0.0480. The Morgan fingerprint density at radius 3 is 2.74 bits per heavy atom. The number of anilines is 1. The van der Waals surface area contributed by atoms with Crippen molar-refractivity contribution in [1.29, 1.82) is 5.26 Å². The quantitative estimate of drug-likeness (QED) is 0.843. The summed E-state index contributed by atoms with van der Waals surface area (Å²) in [5, 5.41) is 12.3. The van der Waals surface area contributed by atoms with Gasteiger partial charge in [0.05, 0.1) is 7.11 Å². The van der Waals surface area contributed by atoms with Crippen LogP contribution in [-0.2, 0) is 24.5 Å². The minimum atomic E-state index is -1.66. The van der Waals surface area contributed by atoms with E-state index in [1.165, 1.54) is 14.0 Å². The van der Waals surface area contributed by atoms with Crippen LogP contribution in [0, 0.1) is 11.3 Å². The second-order valence-electron chi connectivity index (χ2n) is 5.13. The normalized spacial score (nSPS) is 22.4. The van der Waals surface area contributed by atoms with Crippen LogP contribution < -0.4 is 11.1 Å². The lowest BCUT2D eigenvalue weighted by Crippen LogP contribution is -2.45. The molecule has 0 saturated heterocycles. The predicted octanol–water partition coefficient (Wildman–Crippen LogP) is 1.05. The molecule has 2 heterocycles. The summed E-state index contributed by atoms with van der Waals surface area (Å²) in [7, 11) is 1.30. The van der Waals surface area contributed by atoms with Crippen molar-refractivity contribution in [1.82, 2.24) is 0 Å². The van der Waals surface area contributed by atoms with Gasteiger partial charge in [0.1, 0.15) is 17.2 Å². The Bertz CT molecular complexity index is 847. The lowest BCUT2D eigenvalue weighted by Gasteiger charge is -2.33. The lowest BCUT2D eigenvalue weighted by molar-refractivity contribution is -0.122. The molecule has 0 saturated carbocycles. The molecular weight excluding hydrogens is 298 g/mol. The third-order valence-corrected chi connectivity index (χ3v) is 3.97. The summed E-state index contributed by atoms with van der Waals surface area (Å²) >= 11 is 0. The van der Waals surface area contributed by atoms with Gasteiger partial charge in [0.2, 0.25) is 11.8 Å².